The molecule has 0 heterocycles. The standard InChI is InChI=1S/C10H19O2/c1-8(2)5-6-10(11)12-7-9(3)4/h6,8-9H,5,7H2,1-4H3. The van der Waals surface area contributed by atoms with Gasteiger partial charge in [0, 0.05) is 0 Å². The lowest BCUT2D eigenvalue weighted by Gasteiger charge is -2.07. The van der Waals surface area contributed by atoms with Gasteiger partial charge in [-0.1, -0.05) is 27.7 Å². The average Bonchev–Trinajstić information content (AvgIpc) is 1.96. The Morgan fingerprint density at radius 3 is 2.25 bits per heavy atom. The zero-order valence-electron chi connectivity index (χ0n) is 8.46. The maximum absolute atomic E-state index is 11.0. The van der Waals surface area contributed by atoms with Crippen LogP contribution in [0, 0.1) is 18.3 Å². The van der Waals surface area contributed by atoms with Gasteiger partial charge >= 0.3 is 5.97 Å². The molecule has 0 aromatic carbocycles. The van der Waals surface area contributed by atoms with Crippen LogP contribution in [0.4, 0.5) is 0 Å². The van der Waals surface area contributed by atoms with E-state index in [1.807, 2.05) is 13.8 Å². The van der Waals surface area contributed by atoms with Crippen LogP contribution < -0.4 is 0 Å². The Morgan fingerprint density at radius 1 is 1.25 bits per heavy atom. The summed E-state index contributed by atoms with van der Waals surface area (Å²) in [7, 11) is 0. The first-order valence-electron chi connectivity index (χ1n) is 4.52. The van der Waals surface area contributed by atoms with Gasteiger partial charge in [0.15, 0.2) is 0 Å². The molecule has 0 amide bonds. The van der Waals surface area contributed by atoms with E-state index in [0.29, 0.717) is 18.4 Å². The molecule has 0 atom stereocenters. The summed E-state index contributed by atoms with van der Waals surface area (Å²) in [4.78, 5) is 11.0. The van der Waals surface area contributed by atoms with E-state index >= 15 is 0 Å². The Morgan fingerprint density at radius 2 is 1.83 bits per heavy atom. The second-order valence-electron chi connectivity index (χ2n) is 3.86. The van der Waals surface area contributed by atoms with Crippen LogP contribution in [0.5, 0.6) is 0 Å². The van der Waals surface area contributed by atoms with E-state index in [2.05, 4.69) is 13.8 Å². The van der Waals surface area contributed by atoms with Crippen LogP contribution in [-0.2, 0) is 9.53 Å². The molecule has 0 aliphatic rings. The van der Waals surface area contributed by atoms with E-state index in [9.17, 15) is 4.79 Å². The van der Waals surface area contributed by atoms with Gasteiger partial charge in [0.25, 0.3) is 0 Å². The summed E-state index contributed by atoms with van der Waals surface area (Å²) in [5.74, 6) is 0.760. The normalized spacial score (nSPS) is 10.8. The Hall–Kier alpha value is -0.530. The Balaban J connectivity index is 3.34. The third-order valence-electron chi connectivity index (χ3n) is 1.31. The number of carbonyl (C=O) groups excluding carboxylic acids is 1. The van der Waals surface area contributed by atoms with Gasteiger partial charge < -0.3 is 4.74 Å². The van der Waals surface area contributed by atoms with Gasteiger partial charge in [-0.15, -0.1) is 0 Å². The molecule has 0 aromatic rings. The number of ether oxygens (including phenoxy) is 1. The summed E-state index contributed by atoms with van der Waals surface area (Å²) in [6, 6.07) is 0. The molecule has 0 aliphatic heterocycles. The van der Waals surface area contributed by atoms with E-state index in [1.165, 1.54) is 0 Å². The largest absolute Gasteiger partial charge is 0.465 e. The molecule has 0 rings (SSSR count). The molecule has 1 radical (unpaired) electrons. The minimum atomic E-state index is -0.183. The third-order valence-corrected chi connectivity index (χ3v) is 1.31. The number of hydrogen-bond acceptors (Lipinski definition) is 2. The SMILES string of the molecule is CC(C)C[CH]C(=O)OCC(C)C. The second kappa shape index (κ2) is 6.04. The van der Waals surface area contributed by atoms with Crippen molar-refractivity contribution < 1.29 is 9.53 Å². The molecule has 0 aliphatic carbocycles. The fourth-order valence-corrected chi connectivity index (χ4v) is 0.640. The molecule has 0 saturated heterocycles. The van der Waals surface area contributed by atoms with E-state index in [4.69, 9.17) is 4.74 Å². The lowest BCUT2D eigenvalue weighted by molar-refractivity contribution is -0.140. The number of esters is 1. The van der Waals surface area contributed by atoms with Gasteiger partial charge in [-0.2, -0.15) is 0 Å². The first-order valence-corrected chi connectivity index (χ1v) is 4.52. The first kappa shape index (κ1) is 11.5. The summed E-state index contributed by atoms with van der Waals surface area (Å²) in [6.07, 6.45) is 2.42. The fraction of sp³-hybridized carbons (Fsp3) is 0.800. The van der Waals surface area contributed by atoms with Gasteiger partial charge in [0.2, 0.25) is 0 Å². The smallest absolute Gasteiger partial charge is 0.309 e. The molecule has 0 N–H and O–H groups in total. The van der Waals surface area contributed by atoms with Crippen LogP contribution in [-0.4, -0.2) is 12.6 Å². The number of rotatable bonds is 5. The summed E-state index contributed by atoms with van der Waals surface area (Å²) >= 11 is 0. The first-order chi connectivity index (χ1) is 5.52. The van der Waals surface area contributed by atoms with E-state index in [1.54, 1.807) is 6.42 Å². The lowest BCUT2D eigenvalue weighted by atomic mass is 10.1. The highest BCUT2D eigenvalue weighted by atomic mass is 16.5. The minimum absolute atomic E-state index is 0.183. The van der Waals surface area contributed by atoms with Crippen LogP contribution >= 0.6 is 0 Å². The van der Waals surface area contributed by atoms with Gasteiger partial charge in [0.05, 0.1) is 13.0 Å². The van der Waals surface area contributed by atoms with Crippen molar-refractivity contribution in [1.29, 1.82) is 0 Å². The number of hydrogen-bond donors (Lipinski definition) is 0. The Kier molecular flexibility index (Phi) is 5.77. The average molecular weight is 171 g/mol. The van der Waals surface area contributed by atoms with Crippen LogP contribution in [0.1, 0.15) is 34.1 Å². The maximum Gasteiger partial charge on any atom is 0.309 e. The van der Waals surface area contributed by atoms with Crippen molar-refractivity contribution >= 4 is 5.97 Å². The molecule has 71 valence electrons. The Bertz CT molecular complexity index is 114. The topological polar surface area (TPSA) is 26.3 Å². The van der Waals surface area contributed by atoms with Crippen molar-refractivity contribution in [3.8, 4) is 0 Å². The third kappa shape index (κ3) is 7.58. The predicted molar refractivity (Wildman–Crippen MR) is 49.6 cm³/mol. The van der Waals surface area contributed by atoms with Crippen molar-refractivity contribution in [1.82, 2.24) is 0 Å². The fourth-order valence-electron chi connectivity index (χ4n) is 0.640. The van der Waals surface area contributed by atoms with Crippen LogP contribution in [0.25, 0.3) is 0 Å². The van der Waals surface area contributed by atoms with Gasteiger partial charge in [0.1, 0.15) is 0 Å². The van der Waals surface area contributed by atoms with Crippen molar-refractivity contribution in [3.63, 3.8) is 0 Å². The van der Waals surface area contributed by atoms with Crippen molar-refractivity contribution in [2.24, 2.45) is 11.8 Å². The zero-order valence-corrected chi connectivity index (χ0v) is 8.46. The van der Waals surface area contributed by atoms with Gasteiger partial charge in [-0.05, 0) is 18.3 Å². The molecule has 0 aromatic heterocycles. The monoisotopic (exact) mass is 171 g/mol. The van der Waals surface area contributed by atoms with E-state index in [-0.39, 0.29) is 5.97 Å². The zero-order chi connectivity index (χ0) is 9.56. The molecular weight excluding hydrogens is 152 g/mol. The highest BCUT2D eigenvalue weighted by molar-refractivity contribution is 5.78. The van der Waals surface area contributed by atoms with Gasteiger partial charge in [-0.3, -0.25) is 4.79 Å². The molecule has 2 nitrogen and oxygen atoms in total. The second-order valence-corrected chi connectivity index (χ2v) is 3.86. The van der Waals surface area contributed by atoms with Crippen molar-refractivity contribution in [2.45, 2.75) is 34.1 Å². The summed E-state index contributed by atoms with van der Waals surface area (Å²) in [5.41, 5.74) is 0. The molecule has 2 heteroatoms. The molecule has 0 unspecified atom stereocenters. The van der Waals surface area contributed by atoms with E-state index in [0.717, 1.165) is 6.42 Å². The molecule has 0 fully saturated rings. The Labute approximate surface area is 75.3 Å². The predicted octanol–water partition coefficient (Wildman–Crippen LogP) is 2.44. The maximum atomic E-state index is 11.0. The van der Waals surface area contributed by atoms with Crippen molar-refractivity contribution in [2.75, 3.05) is 6.61 Å². The molecule has 0 spiro atoms. The summed E-state index contributed by atoms with van der Waals surface area (Å²) in [6.45, 7) is 8.72. The highest BCUT2D eigenvalue weighted by Gasteiger charge is 2.05. The molecule has 12 heavy (non-hydrogen) atoms. The quantitative estimate of drug-likeness (QED) is 0.594. The van der Waals surface area contributed by atoms with Crippen molar-refractivity contribution in [3.05, 3.63) is 6.42 Å². The summed E-state index contributed by atoms with van der Waals surface area (Å²) < 4.78 is 4.96. The van der Waals surface area contributed by atoms with Crippen LogP contribution in [0.2, 0.25) is 0 Å². The lowest BCUT2D eigenvalue weighted by Crippen LogP contribution is -2.10. The highest BCUT2D eigenvalue weighted by Crippen LogP contribution is 2.04. The van der Waals surface area contributed by atoms with Crippen LogP contribution in [0.15, 0.2) is 0 Å². The van der Waals surface area contributed by atoms with Gasteiger partial charge in [-0.25, -0.2) is 0 Å². The molecule has 0 saturated carbocycles. The minimum Gasteiger partial charge on any atom is -0.465 e. The number of carbonyl (C=O) groups is 1. The molecular formula is C10H19O2. The summed E-state index contributed by atoms with van der Waals surface area (Å²) in [5, 5.41) is 0. The molecule has 0 bridgehead atoms. The van der Waals surface area contributed by atoms with E-state index < -0.39 is 0 Å². The van der Waals surface area contributed by atoms with Crippen LogP contribution in [0.3, 0.4) is 0 Å².